The lowest BCUT2D eigenvalue weighted by Gasteiger charge is -2.17. The Hall–Kier alpha value is -2.71. The summed E-state index contributed by atoms with van der Waals surface area (Å²) < 4.78 is 24.6. The van der Waals surface area contributed by atoms with Gasteiger partial charge in [0.1, 0.15) is 0 Å². The van der Waals surface area contributed by atoms with Crippen LogP contribution in [0.2, 0.25) is 0 Å². The van der Waals surface area contributed by atoms with Crippen LogP contribution < -0.4 is 0 Å². The zero-order valence-electron chi connectivity index (χ0n) is 11.5. The van der Waals surface area contributed by atoms with Gasteiger partial charge >= 0.3 is 0 Å². The van der Waals surface area contributed by atoms with Gasteiger partial charge in [-0.15, -0.1) is 0 Å². The Kier molecular flexibility index (Phi) is 3.39. The van der Waals surface area contributed by atoms with Crippen LogP contribution in [0.1, 0.15) is 21.5 Å². The average molecular weight is 309 g/mol. The fraction of sp³-hybridized carbons (Fsp3) is 0.0588. The minimum atomic E-state index is -3.50. The lowest BCUT2D eigenvalue weighted by molar-refractivity contribution is 0.103. The summed E-state index contributed by atoms with van der Waals surface area (Å²) in [6, 6.07) is 14.9. The van der Waals surface area contributed by atoms with E-state index in [1.165, 1.54) is 12.1 Å². The maximum Gasteiger partial charge on any atom is 0.191 e. The monoisotopic (exact) mass is 309 g/mol. The van der Waals surface area contributed by atoms with E-state index in [2.05, 4.69) is 0 Å². The topological polar surface area (TPSA) is 75.0 Å². The minimum Gasteiger partial charge on any atom is -0.289 e. The van der Waals surface area contributed by atoms with Gasteiger partial charge in [-0.05, 0) is 35.9 Å². The molecule has 0 spiro atoms. The summed E-state index contributed by atoms with van der Waals surface area (Å²) in [7, 11) is -3.50. The van der Waals surface area contributed by atoms with Crippen molar-refractivity contribution in [2.24, 2.45) is 0 Å². The van der Waals surface area contributed by atoms with E-state index < -0.39 is 9.84 Å². The highest BCUT2D eigenvalue weighted by Crippen LogP contribution is 2.28. The lowest BCUT2D eigenvalue weighted by atomic mass is 10.0. The third-order valence-electron chi connectivity index (χ3n) is 3.48. The Balaban J connectivity index is 2.08. The predicted molar refractivity (Wildman–Crippen MR) is 82.0 cm³/mol. The van der Waals surface area contributed by atoms with Crippen LogP contribution in [0.4, 0.5) is 0 Å². The van der Waals surface area contributed by atoms with Gasteiger partial charge in [-0.2, -0.15) is 5.26 Å². The van der Waals surface area contributed by atoms with Gasteiger partial charge < -0.3 is 0 Å². The molecule has 1 aliphatic heterocycles. The van der Waals surface area contributed by atoms with E-state index >= 15 is 0 Å². The normalized spacial score (nSPS) is 17.8. The van der Waals surface area contributed by atoms with E-state index in [-0.39, 0.29) is 27.6 Å². The van der Waals surface area contributed by atoms with Crippen molar-refractivity contribution in [1.29, 1.82) is 5.26 Å². The molecule has 0 fully saturated rings. The summed E-state index contributed by atoms with van der Waals surface area (Å²) in [6.07, 6.45) is 1.57. The van der Waals surface area contributed by atoms with Gasteiger partial charge in [0, 0.05) is 11.1 Å². The molecule has 0 aromatic heterocycles. The standard InChI is InChI=1S/C17H11NO3S/c18-10-13-7-5-12(6-8-13)9-14-11-22(20,21)16-4-2-1-3-15(16)17(14)19/h1-9H,11H2. The van der Waals surface area contributed by atoms with Crippen molar-refractivity contribution in [3.05, 3.63) is 70.8 Å². The highest BCUT2D eigenvalue weighted by Gasteiger charge is 2.32. The molecule has 1 aliphatic rings. The number of benzene rings is 2. The molecule has 0 atom stereocenters. The van der Waals surface area contributed by atoms with Crippen LogP contribution in [0.15, 0.2) is 59.0 Å². The highest BCUT2D eigenvalue weighted by atomic mass is 32.2. The third-order valence-corrected chi connectivity index (χ3v) is 5.20. The van der Waals surface area contributed by atoms with Gasteiger partial charge in [-0.3, -0.25) is 4.79 Å². The number of nitrogens with zero attached hydrogens (tertiary/aromatic N) is 1. The van der Waals surface area contributed by atoms with Crippen LogP contribution >= 0.6 is 0 Å². The second kappa shape index (κ2) is 5.24. The van der Waals surface area contributed by atoms with Gasteiger partial charge in [-0.1, -0.05) is 24.3 Å². The molecule has 0 radical (unpaired) electrons. The van der Waals surface area contributed by atoms with Crippen LogP contribution in [-0.4, -0.2) is 20.0 Å². The fourth-order valence-electron chi connectivity index (χ4n) is 2.41. The van der Waals surface area contributed by atoms with E-state index in [1.807, 2.05) is 6.07 Å². The number of nitriles is 1. The molecular formula is C17H11NO3S. The molecule has 0 unspecified atom stereocenters. The first-order valence-electron chi connectivity index (χ1n) is 6.58. The first kappa shape index (κ1) is 14.2. The number of sulfone groups is 1. The summed E-state index contributed by atoms with van der Waals surface area (Å²) >= 11 is 0. The predicted octanol–water partition coefficient (Wildman–Crippen LogP) is 2.61. The number of carbonyl (C=O) groups is 1. The van der Waals surface area contributed by atoms with Crippen LogP contribution in [-0.2, 0) is 9.84 Å². The average Bonchev–Trinajstić information content (AvgIpc) is 2.53. The Labute approximate surface area is 128 Å². The van der Waals surface area contributed by atoms with E-state index in [1.54, 1.807) is 42.5 Å². The molecule has 0 amide bonds. The fourth-order valence-corrected chi connectivity index (χ4v) is 3.97. The quantitative estimate of drug-likeness (QED) is 0.759. The lowest BCUT2D eigenvalue weighted by Crippen LogP contribution is -2.24. The number of carbonyl (C=O) groups excluding carboxylic acids is 1. The van der Waals surface area contributed by atoms with E-state index in [0.29, 0.717) is 11.1 Å². The first-order valence-corrected chi connectivity index (χ1v) is 8.24. The number of hydrogen-bond acceptors (Lipinski definition) is 4. The molecule has 1 heterocycles. The number of ketones is 1. The molecule has 5 heteroatoms. The van der Waals surface area contributed by atoms with Crippen molar-refractivity contribution in [2.75, 3.05) is 5.75 Å². The molecule has 2 aromatic rings. The molecular weight excluding hydrogens is 298 g/mol. The summed E-state index contributed by atoms with van der Waals surface area (Å²) in [5.41, 5.74) is 1.66. The molecule has 108 valence electrons. The number of rotatable bonds is 1. The summed E-state index contributed by atoms with van der Waals surface area (Å²) in [4.78, 5) is 12.5. The van der Waals surface area contributed by atoms with Crippen LogP contribution in [0.5, 0.6) is 0 Å². The Bertz CT molecular complexity index is 933. The molecule has 4 nitrogen and oxygen atoms in total. The zero-order valence-corrected chi connectivity index (χ0v) is 12.3. The molecule has 2 aromatic carbocycles. The van der Waals surface area contributed by atoms with Crippen molar-refractivity contribution < 1.29 is 13.2 Å². The Morgan fingerprint density at radius 2 is 1.73 bits per heavy atom. The second-order valence-electron chi connectivity index (χ2n) is 4.99. The first-order chi connectivity index (χ1) is 10.5. The number of fused-ring (bicyclic) bond motifs is 1. The van der Waals surface area contributed by atoms with Crippen molar-refractivity contribution in [2.45, 2.75) is 4.90 Å². The largest absolute Gasteiger partial charge is 0.289 e. The smallest absolute Gasteiger partial charge is 0.191 e. The molecule has 0 saturated carbocycles. The van der Waals surface area contributed by atoms with Crippen LogP contribution in [0.3, 0.4) is 0 Å². The number of Topliss-reactive ketones (excluding diaryl/α,β-unsaturated/α-hetero) is 1. The van der Waals surface area contributed by atoms with E-state index in [0.717, 1.165) is 0 Å². The maximum absolute atomic E-state index is 12.4. The van der Waals surface area contributed by atoms with Gasteiger partial charge in [0.05, 0.1) is 22.3 Å². The summed E-state index contributed by atoms with van der Waals surface area (Å²) in [5.74, 6) is -0.571. The molecule has 0 N–H and O–H groups in total. The molecule has 0 saturated heterocycles. The van der Waals surface area contributed by atoms with Gasteiger partial charge in [0.2, 0.25) is 0 Å². The van der Waals surface area contributed by atoms with E-state index in [9.17, 15) is 13.2 Å². The van der Waals surface area contributed by atoms with Crippen molar-refractivity contribution in [3.8, 4) is 6.07 Å². The van der Waals surface area contributed by atoms with E-state index in [4.69, 9.17) is 5.26 Å². The van der Waals surface area contributed by atoms with Crippen molar-refractivity contribution in [1.82, 2.24) is 0 Å². The summed E-state index contributed by atoms with van der Waals surface area (Å²) in [5, 5.41) is 8.77. The van der Waals surface area contributed by atoms with Crippen molar-refractivity contribution in [3.63, 3.8) is 0 Å². The van der Waals surface area contributed by atoms with Gasteiger partial charge in [0.15, 0.2) is 15.6 Å². The molecule has 0 aliphatic carbocycles. The maximum atomic E-state index is 12.4. The SMILES string of the molecule is N#Cc1ccc(C=C2CS(=O)(=O)c3ccccc3C2=O)cc1. The second-order valence-corrected chi connectivity index (χ2v) is 6.95. The third kappa shape index (κ3) is 2.45. The Morgan fingerprint density at radius 1 is 1.05 bits per heavy atom. The summed E-state index contributed by atoms with van der Waals surface area (Å²) in [6.45, 7) is 0. The molecule has 3 rings (SSSR count). The number of hydrogen-bond donors (Lipinski definition) is 0. The highest BCUT2D eigenvalue weighted by molar-refractivity contribution is 7.91. The van der Waals surface area contributed by atoms with Gasteiger partial charge in [0.25, 0.3) is 0 Å². The van der Waals surface area contributed by atoms with Crippen molar-refractivity contribution >= 4 is 21.7 Å². The molecule has 22 heavy (non-hydrogen) atoms. The zero-order chi connectivity index (χ0) is 15.7. The Morgan fingerprint density at radius 3 is 2.41 bits per heavy atom. The van der Waals surface area contributed by atoms with Crippen LogP contribution in [0, 0.1) is 11.3 Å². The van der Waals surface area contributed by atoms with Gasteiger partial charge in [-0.25, -0.2) is 8.42 Å². The van der Waals surface area contributed by atoms with Crippen LogP contribution in [0.25, 0.3) is 6.08 Å². The minimum absolute atomic E-state index is 0.0944. The molecule has 0 bridgehead atoms.